The van der Waals surface area contributed by atoms with Gasteiger partial charge in [0.2, 0.25) is 0 Å². The van der Waals surface area contributed by atoms with Gasteiger partial charge in [-0.25, -0.2) is 0 Å². The van der Waals surface area contributed by atoms with Gasteiger partial charge in [0.25, 0.3) is 0 Å². The highest BCUT2D eigenvalue weighted by atomic mass is 16.3. The van der Waals surface area contributed by atoms with Crippen LogP contribution < -0.4 is 4.90 Å². The Bertz CT molecular complexity index is 2730. The highest BCUT2D eigenvalue weighted by molar-refractivity contribution is 6.30. The van der Waals surface area contributed by atoms with Gasteiger partial charge in [0.15, 0.2) is 0 Å². The minimum atomic E-state index is -0.102. The van der Waals surface area contributed by atoms with Crippen LogP contribution in [0.5, 0.6) is 0 Å². The lowest BCUT2D eigenvalue weighted by Crippen LogP contribution is -2.16. The third-order valence-electron chi connectivity index (χ3n) is 10.6. The number of rotatable bonds is 4. The average molecular weight is 628 g/mol. The van der Waals surface area contributed by atoms with E-state index in [0.717, 1.165) is 39.0 Å². The predicted molar refractivity (Wildman–Crippen MR) is 206 cm³/mol. The molecule has 2 heteroatoms. The van der Waals surface area contributed by atoms with Crippen LogP contribution in [0.2, 0.25) is 0 Å². The molecule has 1 aliphatic rings. The number of hydrogen-bond acceptors (Lipinski definition) is 2. The van der Waals surface area contributed by atoms with Crippen LogP contribution >= 0.6 is 0 Å². The van der Waals surface area contributed by atoms with Gasteiger partial charge in [-0.05, 0) is 85.9 Å². The second-order valence-electron chi connectivity index (χ2n) is 13.7. The Balaban J connectivity index is 1.19. The molecule has 0 bridgehead atoms. The van der Waals surface area contributed by atoms with Crippen molar-refractivity contribution >= 4 is 60.5 Å². The minimum absolute atomic E-state index is 0.102. The smallest absolute Gasteiger partial charge is 0.143 e. The summed E-state index contributed by atoms with van der Waals surface area (Å²) in [6, 6.07) is 59.3. The van der Waals surface area contributed by atoms with Crippen LogP contribution in [0.1, 0.15) is 25.0 Å². The molecular weight excluding hydrogens is 595 g/mol. The normalized spacial score (nSPS) is 13.3. The summed E-state index contributed by atoms with van der Waals surface area (Å²) < 4.78 is 6.84. The third-order valence-corrected chi connectivity index (χ3v) is 10.6. The fraction of sp³-hybridized carbons (Fsp3) is 0.0638. The van der Waals surface area contributed by atoms with Crippen molar-refractivity contribution in [2.24, 2.45) is 0 Å². The van der Waals surface area contributed by atoms with E-state index in [9.17, 15) is 0 Å². The molecule has 0 unspecified atom stereocenters. The topological polar surface area (TPSA) is 16.4 Å². The predicted octanol–water partition coefficient (Wildman–Crippen LogP) is 13.3. The third kappa shape index (κ3) is 4.14. The SMILES string of the molecule is CC1(C)c2ccccc2-c2ccc(N(c3ccc(-c4ccccc4)cc3)c3ccc4c(c3)oc3c5ccccc5c5ccccc5c43)cc21. The fourth-order valence-corrected chi connectivity index (χ4v) is 8.25. The Morgan fingerprint density at radius 1 is 0.429 bits per heavy atom. The molecule has 0 radical (unpaired) electrons. The van der Waals surface area contributed by atoms with Crippen LogP contribution in [0.25, 0.3) is 65.7 Å². The largest absolute Gasteiger partial charge is 0.455 e. The highest BCUT2D eigenvalue weighted by Crippen LogP contribution is 2.51. The minimum Gasteiger partial charge on any atom is -0.455 e. The molecule has 232 valence electrons. The number of fused-ring (bicyclic) bond motifs is 11. The lowest BCUT2D eigenvalue weighted by molar-refractivity contribution is 0.660. The summed E-state index contributed by atoms with van der Waals surface area (Å²) in [6.45, 7) is 4.69. The van der Waals surface area contributed by atoms with Gasteiger partial charge in [-0.15, -0.1) is 0 Å². The molecule has 0 fully saturated rings. The van der Waals surface area contributed by atoms with Crippen molar-refractivity contribution in [3.05, 3.63) is 175 Å². The fourth-order valence-electron chi connectivity index (χ4n) is 8.25. The monoisotopic (exact) mass is 627 g/mol. The van der Waals surface area contributed by atoms with Gasteiger partial charge in [0.05, 0.1) is 0 Å². The number of hydrogen-bond donors (Lipinski definition) is 0. The molecule has 49 heavy (non-hydrogen) atoms. The lowest BCUT2D eigenvalue weighted by Gasteiger charge is -2.28. The van der Waals surface area contributed by atoms with Crippen molar-refractivity contribution in [1.82, 2.24) is 0 Å². The van der Waals surface area contributed by atoms with Gasteiger partial charge in [-0.1, -0.05) is 135 Å². The van der Waals surface area contributed by atoms with E-state index in [4.69, 9.17) is 4.42 Å². The summed E-state index contributed by atoms with van der Waals surface area (Å²) in [6.07, 6.45) is 0. The summed E-state index contributed by atoms with van der Waals surface area (Å²) in [7, 11) is 0. The van der Waals surface area contributed by atoms with Crippen LogP contribution in [-0.2, 0) is 5.41 Å². The van der Waals surface area contributed by atoms with E-state index < -0.39 is 0 Å². The maximum atomic E-state index is 6.84. The molecule has 10 rings (SSSR count). The van der Waals surface area contributed by atoms with Crippen LogP contribution in [0.3, 0.4) is 0 Å². The standard InChI is InChI=1S/C47H33NO/c1-47(2)42-19-11-10-16-37(42)38-26-24-33(28-43(38)47)48(32-22-20-31(21-23-32)30-12-4-3-5-13-30)34-25-27-41-44(29-34)49-46-40-18-9-7-15-36(40)35-14-6-8-17-39(35)45(41)46/h3-29H,1-2H3. The van der Waals surface area contributed by atoms with Gasteiger partial charge < -0.3 is 9.32 Å². The first-order chi connectivity index (χ1) is 24.1. The molecule has 0 atom stereocenters. The van der Waals surface area contributed by atoms with Crippen LogP contribution in [-0.4, -0.2) is 0 Å². The van der Waals surface area contributed by atoms with E-state index in [1.165, 1.54) is 54.9 Å². The van der Waals surface area contributed by atoms with Crippen molar-refractivity contribution in [3.63, 3.8) is 0 Å². The second-order valence-corrected chi connectivity index (χ2v) is 13.7. The van der Waals surface area contributed by atoms with Crippen molar-refractivity contribution in [3.8, 4) is 22.3 Å². The van der Waals surface area contributed by atoms with E-state index >= 15 is 0 Å². The molecular formula is C47H33NO. The zero-order chi connectivity index (χ0) is 32.7. The van der Waals surface area contributed by atoms with Crippen molar-refractivity contribution in [2.75, 3.05) is 4.90 Å². The summed E-state index contributed by atoms with van der Waals surface area (Å²) in [5, 5.41) is 7.13. The molecule has 8 aromatic carbocycles. The first-order valence-corrected chi connectivity index (χ1v) is 17.0. The van der Waals surface area contributed by atoms with E-state index in [-0.39, 0.29) is 5.41 Å². The Kier molecular flexibility index (Phi) is 5.95. The molecule has 0 N–H and O–H groups in total. The van der Waals surface area contributed by atoms with Crippen molar-refractivity contribution in [2.45, 2.75) is 19.3 Å². The van der Waals surface area contributed by atoms with Gasteiger partial charge in [-0.3, -0.25) is 0 Å². The maximum absolute atomic E-state index is 6.84. The number of nitrogens with zero attached hydrogens (tertiary/aromatic N) is 1. The summed E-state index contributed by atoms with van der Waals surface area (Å²) in [5.41, 5.74) is 12.8. The molecule has 1 aliphatic carbocycles. The molecule has 0 saturated heterocycles. The van der Waals surface area contributed by atoms with Gasteiger partial charge in [0, 0.05) is 44.7 Å². The Morgan fingerprint density at radius 2 is 1.00 bits per heavy atom. The zero-order valence-corrected chi connectivity index (χ0v) is 27.4. The Hall–Kier alpha value is -6.12. The maximum Gasteiger partial charge on any atom is 0.143 e. The summed E-state index contributed by atoms with van der Waals surface area (Å²) in [5.74, 6) is 0. The van der Waals surface area contributed by atoms with Crippen molar-refractivity contribution in [1.29, 1.82) is 0 Å². The molecule has 0 spiro atoms. The molecule has 1 heterocycles. The summed E-state index contributed by atoms with van der Waals surface area (Å²) >= 11 is 0. The van der Waals surface area contributed by atoms with Gasteiger partial charge in [0.1, 0.15) is 11.2 Å². The zero-order valence-electron chi connectivity index (χ0n) is 27.4. The molecule has 0 amide bonds. The van der Waals surface area contributed by atoms with E-state index in [1.54, 1.807) is 0 Å². The molecule has 0 aliphatic heterocycles. The highest BCUT2D eigenvalue weighted by Gasteiger charge is 2.35. The number of anilines is 3. The van der Waals surface area contributed by atoms with Gasteiger partial charge >= 0.3 is 0 Å². The van der Waals surface area contributed by atoms with Crippen LogP contribution in [0.4, 0.5) is 17.1 Å². The first-order valence-electron chi connectivity index (χ1n) is 17.0. The summed E-state index contributed by atoms with van der Waals surface area (Å²) in [4.78, 5) is 2.37. The van der Waals surface area contributed by atoms with Gasteiger partial charge in [-0.2, -0.15) is 0 Å². The second kappa shape index (κ2) is 10.4. The lowest BCUT2D eigenvalue weighted by atomic mass is 9.82. The first kappa shape index (κ1) is 27.9. The molecule has 9 aromatic rings. The van der Waals surface area contributed by atoms with E-state index in [1.807, 2.05) is 0 Å². The Labute approximate surface area is 285 Å². The van der Waals surface area contributed by atoms with E-state index in [2.05, 4.69) is 183 Å². The molecule has 0 saturated carbocycles. The Morgan fingerprint density at radius 3 is 1.80 bits per heavy atom. The molecule has 1 aromatic heterocycles. The number of furan rings is 1. The quantitative estimate of drug-likeness (QED) is 0.181. The van der Waals surface area contributed by atoms with Crippen molar-refractivity contribution < 1.29 is 4.42 Å². The molecule has 2 nitrogen and oxygen atoms in total. The van der Waals surface area contributed by atoms with Crippen LogP contribution in [0, 0.1) is 0 Å². The van der Waals surface area contributed by atoms with E-state index in [0.29, 0.717) is 0 Å². The van der Waals surface area contributed by atoms with Crippen LogP contribution in [0.15, 0.2) is 168 Å². The number of benzene rings is 8. The average Bonchev–Trinajstić information content (AvgIpc) is 3.65.